The minimum atomic E-state index is -4.29. The van der Waals surface area contributed by atoms with Gasteiger partial charge in [0.1, 0.15) is 0 Å². The van der Waals surface area contributed by atoms with Crippen LogP contribution in [0.3, 0.4) is 0 Å². The number of hydrogen-bond donors (Lipinski definition) is 2. The zero-order valence-electron chi connectivity index (χ0n) is 22.4. The van der Waals surface area contributed by atoms with Crippen molar-refractivity contribution >= 4 is 15.9 Å². The van der Waals surface area contributed by atoms with E-state index in [-0.39, 0.29) is 18.1 Å². The molecule has 0 spiro atoms. The fraction of sp³-hybridized carbons (Fsp3) is 0.720. The van der Waals surface area contributed by atoms with Crippen molar-refractivity contribution in [2.75, 3.05) is 19.3 Å². The first kappa shape index (κ1) is 34.5. The van der Waals surface area contributed by atoms with E-state index in [1.807, 2.05) is 0 Å². The van der Waals surface area contributed by atoms with Crippen molar-refractivity contribution in [1.82, 2.24) is 14.9 Å². The number of amides is 1. The largest absolute Gasteiger partial charge is 0.439 e. The molecule has 0 bridgehead atoms. The second-order valence-electron chi connectivity index (χ2n) is 9.56. The number of nitrogens with zero attached hydrogens (tertiary/aromatic N) is 2. The van der Waals surface area contributed by atoms with Crippen molar-refractivity contribution in [3.63, 3.8) is 0 Å². The Balaban J connectivity index is 0.000000309. The highest BCUT2D eigenvalue weighted by Gasteiger charge is 2.74. The molecule has 1 saturated heterocycles. The lowest BCUT2D eigenvalue weighted by molar-refractivity contribution is -0.330. The van der Waals surface area contributed by atoms with E-state index in [9.17, 15) is 40.7 Å². The van der Waals surface area contributed by atoms with Crippen LogP contribution in [-0.4, -0.2) is 77.9 Å². The van der Waals surface area contributed by atoms with Crippen LogP contribution in [0, 0.1) is 5.92 Å². The summed E-state index contributed by atoms with van der Waals surface area (Å²) in [7, 11) is -3.30. The maximum absolute atomic E-state index is 12.9. The zero-order valence-corrected chi connectivity index (χ0v) is 23.2. The number of aliphatic hydroxyl groups is 1. The highest BCUT2D eigenvalue weighted by molar-refractivity contribution is 7.90. The predicted octanol–water partition coefficient (Wildman–Crippen LogP) is 4.57. The standard InChI is InChI=1S/C10H13F4NO3.C8H16.C5H6N2O3S.C2H4/c11-9(12)5-7(10(9,13)14)18-8(17)15-3-1-6(16)2-4-15;1-2-8-6-4-3-5-7-8;1-11(9,10)5-3-6-4(8)2-7-5;1-2/h6-7,16H,1-5H2;8H,2-7H2,1H3;2-3H,1H3,(H,6,8);1-2H2. The van der Waals surface area contributed by atoms with Crippen LogP contribution in [0.15, 0.2) is 35.4 Å². The number of nitrogens with one attached hydrogen (secondary N) is 1. The number of aromatic amines is 1. The van der Waals surface area contributed by atoms with Gasteiger partial charge in [-0.3, -0.25) is 4.79 Å². The number of piperidine rings is 1. The minimum absolute atomic E-state index is 0.128. The van der Waals surface area contributed by atoms with Gasteiger partial charge in [0.2, 0.25) is 0 Å². The van der Waals surface area contributed by atoms with Crippen molar-refractivity contribution < 1.29 is 40.6 Å². The fourth-order valence-corrected chi connectivity index (χ4v) is 4.61. The number of carbonyl (C=O) groups excluding carboxylic acids is 1. The van der Waals surface area contributed by atoms with Gasteiger partial charge in [-0.15, -0.1) is 13.2 Å². The minimum Gasteiger partial charge on any atom is -0.439 e. The van der Waals surface area contributed by atoms with Crippen LogP contribution in [0.1, 0.15) is 64.7 Å². The molecule has 3 aliphatic rings. The van der Waals surface area contributed by atoms with Crippen molar-refractivity contribution in [3.8, 4) is 0 Å². The molecule has 1 aromatic heterocycles. The molecule has 1 unspecified atom stereocenters. The first-order chi connectivity index (χ1) is 18.2. The average molecular weight is 586 g/mol. The van der Waals surface area contributed by atoms with Gasteiger partial charge in [0.25, 0.3) is 5.56 Å². The Morgan fingerprint density at radius 3 is 2.10 bits per heavy atom. The molecule has 1 amide bonds. The fourth-order valence-electron chi connectivity index (χ4n) is 4.09. The van der Waals surface area contributed by atoms with Crippen LogP contribution in [0.5, 0.6) is 0 Å². The molecule has 1 atom stereocenters. The van der Waals surface area contributed by atoms with Crippen LogP contribution in [0.4, 0.5) is 22.4 Å². The van der Waals surface area contributed by atoms with Crippen molar-refractivity contribution in [2.45, 2.75) is 93.8 Å². The van der Waals surface area contributed by atoms with Gasteiger partial charge in [0, 0.05) is 25.5 Å². The SMILES string of the molecule is C=C.CCC1CCCCC1.CS(=O)(=O)c1c[nH]c(=O)cn1.O=C(OC1CC(F)(F)C1(F)F)N1CCC(O)CC1. The van der Waals surface area contributed by atoms with E-state index < -0.39 is 52.0 Å². The normalized spacial score (nSPS) is 22.3. The number of H-pyrrole nitrogens is 1. The molecular formula is C25H39F4N3O6S. The molecule has 14 heteroatoms. The first-order valence-corrected chi connectivity index (χ1v) is 14.7. The van der Waals surface area contributed by atoms with Crippen LogP contribution in [0.2, 0.25) is 0 Å². The van der Waals surface area contributed by atoms with Gasteiger partial charge < -0.3 is 19.7 Å². The number of halogens is 4. The third kappa shape index (κ3) is 10.5. The van der Waals surface area contributed by atoms with Gasteiger partial charge in [0.05, 0.1) is 18.7 Å². The van der Waals surface area contributed by atoms with Crippen molar-refractivity contribution in [1.29, 1.82) is 0 Å². The summed E-state index contributed by atoms with van der Waals surface area (Å²) in [4.78, 5) is 28.7. The van der Waals surface area contributed by atoms with E-state index in [4.69, 9.17) is 0 Å². The molecule has 2 aliphatic carbocycles. The summed E-state index contributed by atoms with van der Waals surface area (Å²) < 4.78 is 76.7. The van der Waals surface area contributed by atoms with Crippen LogP contribution >= 0.6 is 0 Å². The molecule has 2 heterocycles. The number of aromatic nitrogens is 2. The molecule has 2 N–H and O–H groups in total. The van der Waals surface area contributed by atoms with E-state index in [0.717, 1.165) is 29.5 Å². The molecular weight excluding hydrogens is 546 g/mol. The number of sulfone groups is 1. The quantitative estimate of drug-likeness (QED) is 0.393. The molecule has 224 valence electrons. The molecule has 9 nitrogen and oxygen atoms in total. The van der Waals surface area contributed by atoms with E-state index in [2.05, 4.69) is 34.8 Å². The summed E-state index contributed by atoms with van der Waals surface area (Å²) in [6.45, 7) is 8.67. The summed E-state index contributed by atoms with van der Waals surface area (Å²) in [5, 5.41) is 9.07. The number of carbonyl (C=O) groups is 1. The Hall–Kier alpha value is -2.48. The van der Waals surface area contributed by atoms with Crippen LogP contribution < -0.4 is 5.56 Å². The molecule has 3 fully saturated rings. The second-order valence-corrected chi connectivity index (χ2v) is 11.5. The second kappa shape index (κ2) is 15.3. The van der Waals surface area contributed by atoms with E-state index in [0.29, 0.717) is 12.8 Å². The van der Waals surface area contributed by atoms with Gasteiger partial charge in [-0.05, 0) is 18.8 Å². The maximum Gasteiger partial charge on any atom is 0.410 e. The number of rotatable bonds is 3. The average Bonchev–Trinajstić information content (AvgIpc) is 2.90. The summed E-state index contributed by atoms with van der Waals surface area (Å²) in [6.07, 6.45) is 7.83. The number of ether oxygens (including phenoxy) is 1. The van der Waals surface area contributed by atoms with Gasteiger partial charge in [0.15, 0.2) is 21.0 Å². The highest BCUT2D eigenvalue weighted by Crippen LogP contribution is 2.52. The lowest BCUT2D eigenvalue weighted by Crippen LogP contribution is -2.64. The lowest BCUT2D eigenvalue weighted by Gasteiger charge is -2.43. The van der Waals surface area contributed by atoms with Crippen molar-refractivity contribution in [3.05, 3.63) is 35.9 Å². The highest BCUT2D eigenvalue weighted by atomic mass is 32.2. The topological polar surface area (TPSA) is 130 Å². The molecule has 2 saturated carbocycles. The summed E-state index contributed by atoms with van der Waals surface area (Å²) in [5.41, 5.74) is -0.419. The lowest BCUT2D eigenvalue weighted by atomic mass is 9.85. The third-order valence-corrected chi connectivity index (χ3v) is 7.61. The Morgan fingerprint density at radius 1 is 1.15 bits per heavy atom. The molecule has 0 radical (unpaired) electrons. The van der Waals surface area contributed by atoms with E-state index in [1.54, 1.807) is 0 Å². The number of hydrogen-bond acceptors (Lipinski definition) is 7. The van der Waals surface area contributed by atoms with Gasteiger partial charge in [-0.25, -0.2) is 18.2 Å². The summed E-state index contributed by atoms with van der Waals surface area (Å²) in [6, 6.07) is 0. The molecule has 39 heavy (non-hydrogen) atoms. The first-order valence-electron chi connectivity index (χ1n) is 12.8. The van der Waals surface area contributed by atoms with Gasteiger partial charge in [-0.1, -0.05) is 45.4 Å². The summed E-state index contributed by atoms with van der Waals surface area (Å²) >= 11 is 0. The third-order valence-electron chi connectivity index (χ3n) is 6.63. The number of likely N-dealkylation sites (tertiary alicyclic amines) is 1. The molecule has 0 aromatic carbocycles. The van der Waals surface area contributed by atoms with E-state index in [1.165, 1.54) is 38.5 Å². The molecule has 1 aliphatic heterocycles. The van der Waals surface area contributed by atoms with E-state index >= 15 is 0 Å². The number of aliphatic hydroxyl groups excluding tert-OH is 1. The van der Waals surface area contributed by atoms with Crippen LogP contribution in [-0.2, 0) is 14.6 Å². The zero-order chi connectivity index (χ0) is 29.9. The Kier molecular flexibility index (Phi) is 13.6. The van der Waals surface area contributed by atoms with Crippen molar-refractivity contribution in [2.24, 2.45) is 5.92 Å². The Labute approximate surface area is 226 Å². The predicted molar refractivity (Wildman–Crippen MR) is 138 cm³/mol. The molecule has 1 aromatic rings. The maximum atomic E-state index is 12.9. The summed E-state index contributed by atoms with van der Waals surface area (Å²) in [5.74, 6) is -7.31. The van der Waals surface area contributed by atoms with Crippen LogP contribution in [0.25, 0.3) is 0 Å². The number of alkyl halides is 4. The van der Waals surface area contributed by atoms with Gasteiger partial charge in [-0.2, -0.15) is 17.6 Å². The molecule has 4 rings (SSSR count). The monoisotopic (exact) mass is 585 g/mol. The Bertz CT molecular complexity index is 1040. The smallest absolute Gasteiger partial charge is 0.410 e. The Morgan fingerprint density at radius 2 is 1.72 bits per heavy atom. The van der Waals surface area contributed by atoms with Gasteiger partial charge >= 0.3 is 17.9 Å².